The van der Waals surface area contributed by atoms with Crippen LogP contribution in [0.15, 0.2) is 53.3 Å². The van der Waals surface area contributed by atoms with Gasteiger partial charge in [-0.05, 0) is 48.8 Å². The van der Waals surface area contributed by atoms with E-state index in [1.807, 2.05) is 18.2 Å². The number of aromatic nitrogens is 4. The van der Waals surface area contributed by atoms with Crippen molar-refractivity contribution < 1.29 is 9.21 Å². The van der Waals surface area contributed by atoms with Gasteiger partial charge in [-0.1, -0.05) is 16.1 Å². The van der Waals surface area contributed by atoms with E-state index in [0.29, 0.717) is 27.1 Å². The summed E-state index contributed by atoms with van der Waals surface area (Å²) in [5.74, 6) is -0.232. The Morgan fingerprint density at radius 3 is 2.73 bits per heavy atom. The topological polar surface area (TPSA) is 85.8 Å². The minimum absolute atomic E-state index is 0.232. The molecule has 0 saturated heterocycles. The largest absolute Gasteiger partial charge is 0.472 e. The Kier molecular flexibility index (Phi) is 4.27. The molecule has 4 rings (SSSR count). The number of benzene rings is 1. The summed E-state index contributed by atoms with van der Waals surface area (Å²) < 4.78 is 10.5. The van der Waals surface area contributed by atoms with Crippen LogP contribution in [0.5, 0.6) is 0 Å². The number of carbonyl (C=O) groups excluding carboxylic acids is 1. The fourth-order valence-electron chi connectivity index (χ4n) is 2.40. The predicted molar refractivity (Wildman–Crippen MR) is 98.9 cm³/mol. The molecule has 0 saturated carbocycles. The second-order valence-corrected chi connectivity index (χ2v) is 6.61. The summed E-state index contributed by atoms with van der Waals surface area (Å²) in [5.41, 5.74) is 3.61. The average Bonchev–Trinajstić information content (AvgIpc) is 3.36. The van der Waals surface area contributed by atoms with Crippen LogP contribution in [0.3, 0.4) is 0 Å². The quantitative estimate of drug-likeness (QED) is 0.569. The van der Waals surface area contributed by atoms with Crippen molar-refractivity contribution in [3.8, 4) is 16.9 Å². The lowest BCUT2D eigenvalue weighted by Gasteiger charge is -2.06. The molecule has 0 spiro atoms. The van der Waals surface area contributed by atoms with E-state index in [4.69, 9.17) is 16.0 Å². The smallest absolute Gasteiger partial charge is 0.269 e. The molecule has 0 aliphatic carbocycles. The molecule has 7 nitrogen and oxygen atoms in total. The molecular formula is C17H12ClN5O2S. The number of carbonyl (C=O) groups is 1. The summed E-state index contributed by atoms with van der Waals surface area (Å²) in [7, 11) is 0. The van der Waals surface area contributed by atoms with Crippen LogP contribution in [0.1, 0.15) is 15.4 Å². The van der Waals surface area contributed by atoms with Gasteiger partial charge in [0.05, 0.1) is 29.6 Å². The van der Waals surface area contributed by atoms with E-state index in [2.05, 4.69) is 20.0 Å². The molecule has 4 aromatic rings. The highest BCUT2D eigenvalue weighted by Gasteiger charge is 2.14. The number of nitrogens with zero attached hydrogens (tertiary/aromatic N) is 4. The average molecular weight is 386 g/mol. The van der Waals surface area contributed by atoms with Gasteiger partial charge in [-0.3, -0.25) is 4.79 Å². The van der Waals surface area contributed by atoms with Crippen molar-refractivity contribution in [3.63, 3.8) is 0 Å². The lowest BCUT2D eigenvalue weighted by Crippen LogP contribution is -2.11. The minimum Gasteiger partial charge on any atom is -0.472 e. The number of halogens is 1. The van der Waals surface area contributed by atoms with Crippen LogP contribution in [0.4, 0.5) is 5.69 Å². The molecule has 0 bridgehead atoms. The zero-order valence-electron chi connectivity index (χ0n) is 13.5. The van der Waals surface area contributed by atoms with E-state index in [1.54, 1.807) is 42.3 Å². The third-order valence-electron chi connectivity index (χ3n) is 3.71. The highest BCUT2D eigenvalue weighted by atomic mass is 35.5. The van der Waals surface area contributed by atoms with Gasteiger partial charge in [0.15, 0.2) is 0 Å². The maximum atomic E-state index is 12.2. The number of aryl methyl sites for hydroxylation is 1. The first kappa shape index (κ1) is 16.5. The summed E-state index contributed by atoms with van der Waals surface area (Å²) in [6, 6.07) is 10.8. The van der Waals surface area contributed by atoms with Crippen molar-refractivity contribution in [1.29, 1.82) is 0 Å². The molecule has 26 heavy (non-hydrogen) atoms. The SMILES string of the molecule is Cc1nnsc1C(=O)Nc1ccc(-n2nc(-c3ccoc3)cc2Cl)cc1. The number of furan rings is 1. The summed E-state index contributed by atoms with van der Waals surface area (Å²) in [6.07, 6.45) is 3.19. The second-order valence-electron chi connectivity index (χ2n) is 5.46. The number of hydrogen-bond acceptors (Lipinski definition) is 6. The minimum atomic E-state index is -0.232. The predicted octanol–water partition coefficient (Wildman–Crippen LogP) is 4.20. The maximum absolute atomic E-state index is 12.2. The molecule has 1 aromatic carbocycles. The molecule has 0 unspecified atom stereocenters. The van der Waals surface area contributed by atoms with E-state index < -0.39 is 0 Å². The van der Waals surface area contributed by atoms with Gasteiger partial charge in [-0.15, -0.1) is 5.10 Å². The first-order chi connectivity index (χ1) is 12.6. The molecule has 130 valence electrons. The number of anilines is 1. The number of hydrogen-bond donors (Lipinski definition) is 1. The van der Waals surface area contributed by atoms with Crippen molar-refractivity contribution in [1.82, 2.24) is 19.4 Å². The molecule has 0 aliphatic rings. The van der Waals surface area contributed by atoms with Gasteiger partial charge in [0.1, 0.15) is 10.0 Å². The summed E-state index contributed by atoms with van der Waals surface area (Å²) in [6.45, 7) is 1.75. The zero-order chi connectivity index (χ0) is 18.1. The van der Waals surface area contributed by atoms with Crippen LogP contribution in [0.2, 0.25) is 5.15 Å². The van der Waals surface area contributed by atoms with E-state index in [0.717, 1.165) is 22.8 Å². The van der Waals surface area contributed by atoms with E-state index in [9.17, 15) is 4.79 Å². The van der Waals surface area contributed by atoms with Gasteiger partial charge in [0.25, 0.3) is 5.91 Å². The Labute approximate surface area is 157 Å². The van der Waals surface area contributed by atoms with Crippen LogP contribution >= 0.6 is 23.1 Å². The second kappa shape index (κ2) is 6.74. The van der Waals surface area contributed by atoms with Crippen molar-refractivity contribution in [2.24, 2.45) is 0 Å². The molecule has 0 radical (unpaired) electrons. The molecule has 1 amide bonds. The molecule has 0 atom stereocenters. The standard InChI is InChI=1S/C17H12ClN5O2S/c1-10-16(26-22-20-10)17(24)19-12-2-4-13(5-3-12)23-15(18)8-14(21-23)11-6-7-25-9-11/h2-9H,1H3,(H,19,24). The Balaban J connectivity index is 1.55. The normalized spacial score (nSPS) is 10.8. The third kappa shape index (κ3) is 3.12. The zero-order valence-corrected chi connectivity index (χ0v) is 15.1. The molecule has 3 heterocycles. The first-order valence-electron chi connectivity index (χ1n) is 7.61. The third-order valence-corrected chi connectivity index (χ3v) is 4.81. The fraction of sp³-hybridized carbons (Fsp3) is 0.0588. The molecule has 9 heteroatoms. The van der Waals surface area contributed by atoms with Gasteiger partial charge in [0, 0.05) is 17.3 Å². The van der Waals surface area contributed by atoms with E-state index in [1.165, 1.54) is 0 Å². The number of rotatable bonds is 4. The molecule has 0 fully saturated rings. The Hall–Kier alpha value is -2.97. The van der Waals surface area contributed by atoms with Crippen LogP contribution in [0.25, 0.3) is 16.9 Å². The fourth-order valence-corrected chi connectivity index (χ4v) is 3.19. The Bertz CT molecular complexity index is 1050. The van der Waals surface area contributed by atoms with Crippen LogP contribution in [-0.4, -0.2) is 25.3 Å². The highest BCUT2D eigenvalue weighted by molar-refractivity contribution is 7.08. The summed E-state index contributed by atoms with van der Waals surface area (Å²) in [4.78, 5) is 12.7. The highest BCUT2D eigenvalue weighted by Crippen LogP contribution is 2.25. The van der Waals surface area contributed by atoms with Gasteiger partial charge in [0.2, 0.25) is 0 Å². The maximum Gasteiger partial charge on any atom is 0.269 e. The van der Waals surface area contributed by atoms with Gasteiger partial charge in [-0.2, -0.15) is 5.10 Å². The first-order valence-corrected chi connectivity index (χ1v) is 8.76. The Morgan fingerprint density at radius 2 is 2.08 bits per heavy atom. The van der Waals surface area contributed by atoms with Crippen LogP contribution in [0, 0.1) is 6.92 Å². The Morgan fingerprint density at radius 1 is 1.27 bits per heavy atom. The van der Waals surface area contributed by atoms with Gasteiger partial charge >= 0.3 is 0 Å². The number of nitrogens with one attached hydrogen (secondary N) is 1. The molecular weight excluding hydrogens is 374 g/mol. The lowest BCUT2D eigenvalue weighted by molar-refractivity contribution is 0.103. The van der Waals surface area contributed by atoms with E-state index >= 15 is 0 Å². The van der Waals surface area contributed by atoms with Crippen molar-refractivity contribution in [2.75, 3.05) is 5.32 Å². The lowest BCUT2D eigenvalue weighted by atomic mass is 10.2. The van der Waals surface area contributed by atoms with Crippen LogP contribution < -0.4 is 5.32 Å². The van der Waals surface area contributed by atoms with Gasteiger partial charge in [-0.25, -0.2) is 4.68 Å². The van der Waals surface area contributed by atoms with E-state index in [-0.39, 0.29) is 5.91 Å². The van der Waals surface area contributed by atoms with Crippen molar-refractivity contribution in [2.45, 2.75) is 6.92 Å². The molecule has 3 aromatic heterocycles. The van der Waals surface area contributed by atoms with Crippen LogP contribution in [-0.2, 0) is 0 Å². The van der Waals surface area contributed by atoms with Crippen molar-refractivity contribution >= 4 is 34.7 Å². The summed E-state index contributed by atoms with van der Waals surface area (Å²) >= 11 is 7.36. The summed E-state index contributed by atoms with van der Waals surface area (Å²) in [5, 5.41) is 11.6. The van der Waals surface area contributed by atoms with Gasteiger partial charge < -0.3 is 9.73 Å². The molecule has 0 aliphatic heterocycles. The molecule has 1 N–H and O–H groups in total. The number of amides is 1. The monoisotopic (exact) mass is 385 g/mol. The van der Waals surface area contributed by atoms with Crippen molar-refractivity contribution in [3.05, 3.63) is 64.6 Å².